The van der Waals surface area contributed by atoms with E-state index >= 15 is 0 Å². The summed E-state index contributed by atoms with van der Waals surface area (Å²) in [5.74, 6) is -0.937. The Labute approximate surface area is 195 Å². The smallest absolute Gasteiger partial charge is 0.329 e. The van der Waals surface area contributed by atoms with E-state index < -0.39 is 11.8 Å². The minimum Gasteiger partial charge on any atom is -0.488 e. The van der Waals surface area contributed by atoms with E-state index in [9.17, 15) is 9.59 Å². The lowest BCUT2D eigenvalue weighted by atomic mass is 10.2. The van der Waals surface area contributed by atoms with Gasteiger partial charge in [0.1, 0.15) is 12.4 Å². The zero-order chi connectivity index (χ0) is 22.6. The Balaban J connectivity index is 1.78. The van der Waals surface area contributed by atoms with Gasteiger partial charge in [0.15, 0.2) is 0 Å². The molecule has 7 nitrogen and oxygen atoms in total. The van der Waals surface area contributed by atoms with Crippen LogP contribution in [0.4, 0.5) is 0 Å². The number of carbonyl (C=O) groups excluding carboxylic acids is 2. The third-order valence-electron chi connectivity index (χ3n) is 3.94. The molecule has 0 unspecified atom stereocenters. The number of nitrogens with zero attached hydrogens (tertiary/aromatic N) is 1. The second kappa shape index (κ2) is 13.1. The molecule has 0 bridgehead atoms. The average Bonchev–Trinajstić information content (AvgIpc) is 2.73. The summed E-state index contributed by atoms with van der Waals surface area (Å²) in [6.07, 6.45) is 2.19. The fraction of sp³-hybridized carbons (Fsp3) is 0.318. The number of ether oxygens (including phenoxy) is 2. The number of halogens is 2. The topological polar surface area (TPSA) is 89.0 Å². The second-order valence-electron chi connectivity index (χ2n) is 6.80. The lowest BCUT2D eigenvalue weighted by molar-refractivity contribution is -0.139. The first-order chi connectivity index (χ1) is 14.9. The molecular formula is C22H25BrClN3O4. The number of hydrogen-bond acceptors (Lipinski definition) is 5. The highest BCUT2D eigenvalue weighted by Gasteiger charge is 2.11. The molecule has 0 aromatic heterocycles. The Bertz CT molecular complexity index is 921. The minimum atomic E-state index is -0.834. The predicted octanol–water partition coefficient (Wildman–Crippen LogP) is 4.06. The monoisotopic (exact) mass is 509 g/mol. The average molecular weight is 511 g/mol. The van der Waals surface area contributed by atoms with Crippen LogP contribution in [0.15, 0.2) is 52.0 Å². The molecular weight excluding hydrogens is 486 g/mol. The van der Waals surface area contributed by atoms with E-state index in [1.807, 2.05) is 38.1 Å². The quantitative estimate of drug-likeness (QED) is 0.218. The van der Waals surface area contributed by atoms with E-state index in [1.54, 1.807) is 18.2 Å². The van der Waals surface area contributed by atoms with Crippen LogP contribution in [0, 0.1) is 0 Å². The molecule has 0 aliphatic rings. The van der Waals surface area contributed by atoms with Crippen LogP contribution in [0.5, 0.6) is 5.75 Å². The first-order valence-electron chi connectivity index (χ1n) is 9.75. The molecule has 2 aromatic rings. The lowest BCUT2D eigenvalue weighted by Gasteiger charge is -2.10. The summed E-state index contributed by atoms with van der Waals surface area (Å²) in [6, 6.07) is 12.8. The third-order valence-corrected chi connectivity index (χ3v) is 4.93. The summed E-state index contributed by atoms with van der Waals surface area (Å²) in [5, 5.41) is 6.98. The number of rotatable bonds is 10. The number of hydrazone groups is 1. The van der Waals surface area contributed by atoms with Gasteiger partial charge in [0, 0.05) is 23.7 Å². The van der Waals surface area contributed by atoms with E-state index in [0.717, 1.165) is 10.0 Å². The fourth-order valence-corrected chi connectivity index (χ4v) is 3.08. The molecule has 0 atom stereocenters. The van der Waals surface area contributed by atoms with E-state index in [4.69, 9.17) is 21.1 Å². The van der Waals surface area contributed by atoms with Gasteiger partial charge in [-0.25, -0.2) is 5.43 Å². The predicted molar refractivity (Wildman–Crippen MR) is 124 cm³/mol. The van der Waals surface area contributed by atoms with Crippen molar-refractivity contribution in [2.75, 3.05) is 13.2 Å². The summed E-state index contributed by atoms with van der Waals surface area (Å²) < 4.78 is 11.9. The summed E-state index contributed by atoms with van der Waals surface area (Å²) >= 11 is 9.59. The SMILES string of the molecule is CC(C)OCCCNC(=O)C(=O)N/N=C\c1ccc(OCc2ccccc2Cl)c(Br)c1. The number of nitrogens with one attached hydrogen (secondary N) is 2. The highest BCUT2D eigenvalue weighted by Crippen LogP contribution is 2.27. The van der Waals surface area contributed by atoms with Gasteiger partial charge in [0.25, 0.3) is 0 Å². The van der Waals surface area contributed by atoms with Crippen molar-refractivity contribution in [3.05, 3.63) is 63.1 Å². The Morgan fingerprint density at radius 1 is 1.19 bits per heavy atom. The van der Waals surface area contributed by atoms with E-state index in [-0.39, 0.29) is 6.10 Å². The maximum Gasteiger partial charge on any atom is 0.329 e. The summed E-state index contributed by atoms with van der Waals surface area (Å²) in [5.41, 5.74) is 3.80. The van der Waals surface area contributed by atoms with Crippen LogP contribution in [0.2, 0.25) is 5.02 Å². The second-order valence-corrected chi connectivity index (χ2v) is 8.06. The van der Waals surface area contributed by atoms with Crippen LogP contribution < -0.4 is 15.5 Å². The van der Waals surface area contributed by atoms with Crippen molar-refractivity contribution in [2.24, 2.45) is 5.10 Å². The van der Waals surface area contributed by atoms with Crippen molar-refractivity contribution in [1.29, 1.82) is 0 Å². The maximum absolute atomic E-state index is 11.8. The van der Waals surface area contributed by atoms with Gasteiger partial charge < -0.3 is 14.8 Å². The zero-order valence-electron chi connectivity index (χ0n) is 17.4. The molecule has 0 radical (unpaired) electrons. The van der Waals surface area contributed by atoms with Gasteiger partial charge in [0.05, 0.1) is 16.8 Å². The van der Waals surface area contributed by atoms with Gasteiger partial charge in [-0.1, -0.05) is 29.8 Å². The van der Waals surface area contributed by atoms with Gasteiger partial charge in [0.2, 0.25) is 0 Å². The molecule has 0 spiro atoms. The molecule has 0 saturated carbocycles. The molecule has 2 N–H and O–H groups in total. The summed E-state index contributed by atoms with van der Waals surface area (Å²) in [4.78, 5) is 23.5. The highest BCUT2D eigenvalue weighted by atomic mass is 79.9. The highest BCUT2D eigenvalue weighted by molar-refractivity contribution is 9.10. The molecule has 0 fully saturated rings. The molecule has 31 heavy (non-hydrogen) atoms. The van der Waals surface area contributed by atoms with Gasteiger partial charge in [-0.2, -0.15) is 5.10 Å². The van der Waals surface area contributed by atoms with Crippen molar-refractivity contribution < 1.29 is 19.1 Å². The number of amides is 2. The number of carbonyl (C=O) groups is 2. The van der Waals surface area contributed by atoms with Crippen LogP contribution in [-0.4, -0.2) is 37.3 Å². The molecule has 2 rings (SSSR count). The number of benzene rings is 2. The van der Waals surface area contributed by atoms with E-state index in [1.165, 1.54) is 6.21 Å². The van der Waals surface area contributed by atoms with Crippen LogP contribution in [0.25, 0.3) is 0 Å². The Hall–Kier alpha value is -2.42. The minimum absolute atomic E-state index is 0.136. The molecule has 9 heteroatoms. The van der Waals surface area contributed by atoms with Crippen LogP contribution in [-0.2, 0) is 20.9 Å². The van der Waals surface area contributed by atoms with Crippen LogP contribution in [0.1, 0.15) is 31.4 Å². The largest absolute Gasteiger partial charge is 0.488 e. The van der Waals surface area contributed by atoms with Gasteiger partial charge in [-0.15, -0.1) is 0 Å². The molecule has 0 heterocycles. The first kappa shape index (κ1) is 24.8. The van der Waals surface area contributed by atoms with Crippen LogP contribution in [0.3, 0.4) is 0 Å². The van der Waals surface area contributed by atoms with Crippen molar-refractivity contribution in [3.63, 3.8) is 0 Å². The van der Waals surface area contributed by atoms with Crippen molar-refractivity contribution in [3.8, 4) is 5.75 Å². The zero-order valence-corrected chi connectivity index (χ0v) is 19.7. The van der Waals surface area contributed by atoms with Crippen LogP contribution >= 0.6 is 27.5 Å². The van der Waals surface area contributed by atoms with Gasteiger partial charge >= 0.3 is 11.8 Å². The van der Waals surface area contributed by atoms with E-state index in [2.05, 4.69) is 31.8 Å². The van der Waals surface area contributed by atoms with E-state index in [0.29, 0.717) is 42.5 Å². The van der Waals surface area contributed by atoms with Crippen molar-refractivity contribution >= 4 is 45.6 Å². The standard InChI is InChI=1S/C22H25BrClN3O4/c1-15(2)30-11-5-10-25-21(28)22(29)27-26-13-16-8-9-20(18(23)12-16)31-14-17-6-3-4-7-19(17)24/h3-4,6-9,12-13,15H,5,10-11,14H2,1-2H3,(H,25,28)(H,27,29)/b26-13-. The molecule has 166 valence electrons. The Morgan fingerprint density at radius 2 is 1.97 bits per heavy atom. The van der Waals surface area contributed by atoms with Gasteiger partial charge in [-0.3, -0.25) is 9.59 Å². The Morgan fingerprint density at radius 3 is 2.68 bits per heavy atom. The molecule has 0 aliphatic carbocycles. The van der Waals surface area contributed by atoms with Crippen molar-refractivity contribution in [2.45, 2.75) is 33.0 Å². The molecule has 0 saturated heterocycles. The normalized spacial score (nSPS) is 11.0. The first-order valence-corrected chi connectivity index (χ1v) is 10.9. The summed E-state index contributed by atoms with van der Waals surface area (Å²) in [6.45, 7) is 5.07. The molecule has 0 aliphatic heterocycles. The molecule has 2 aromatic carbocycles. The lowest BCUT2D eigenvalue weighted by Crippen LogP contribution is -2.38. The third kappa shape index (κ3) is 9.08. The Kier molecular flexibility index (Phi) is 10.5. The maximum atomic E-state index is 11.8. The van der Waals surface area contributed by atoms with Crippen molar-refractivity contribution in [1.82, 2.24) is 10.7 Å². The van der Waals surface area contributed by atoms with Gasteiger partial charge in [-0.05, 0) is 66.0 Å². The fourth-order valence-electron chi connectivity index (χ4n) is 2.38. The number of hydrogen-bond donors (Lipinski definition) is 2. The molecule has 2 amide bonds. The summed E-state index contributed by atoms with van der Waals surface area (Å²) in [7, 11) is 0.